The van der Waals surface area contributed by atoms with Crippen LogP contribution in [0.2, 0.25) is 5.02 Å². The molecular weight excluding hydrogens is 370 g/mol. The zero-order chi connectivity index (χ0) is 18.0. The topological polar surface area (TPSA) is 123 Å². The van der Waals surface area contributed by atoms with E-state index in [1.807, 2.05) is 0 Å². The molecule has 0 saturated heterocycles. The van der Waals surface area contributed by atoms with Gasteiger partial charge in [0.2, 0.25) is 26.5 Å². The quantitative estimate of drug-likeness (QED) is 0.512. The number of sulfone groups is 1. The lowest BCUT2D eigenvalue weighted by Crippen LogP contribution is -2.17. The van der Waals surface area contributed by atoms with Crippen molar-refractivity contribution in [2.75, 3.05) is 0 Å². The Hall–Kier alpha value is -2.78. The smallest absolute Gasteiger partial charge is 0.267 e. The highest BCUT2D eigenvalue weighted by Crippen LogP contribution is 2.24. The largest absolute Gasteiger partial charge is 0.452 e. The van der Waals surface area contributed by atoms with Gasteiger partial charge in [-0.3, -0.25) is 14.7 Å². The minimum atomic E-state index is -3.89. The molecule has 3 aromatic rings. The zero-order valence-electron chi connectivity index (χ0n) is 12.5. The predicted molar refractivity (Wildman–Crippen MR) is 85.0 cm³/mol. The number of carbonyl (C=O) groups is 2. The van der Waals surface area contributed by atoms with Crippen LogP contribution < -0.4 is 0 Å². The van der Waals surface area contributed by atoms with Crippen molar-refractivity contribution in [3.8, 4) is 0 Å². The molecule has 0 saturated carbocycles. The van der Waals surface area contributed by atoms with E-state index < -0.39 is 21.4 Å². The van der Waals surface area contributed by atoms with Gasteiger partial charge in [-0.2, -0.15) is 0 Å². The van der Waals surface area contributed by atoms with Gasteiger partial charge in [0.15, 0.2) is 0 Å². The van der Waals surface area contributed by atoms with Gasteiger partial charge in [0, 0.05) is 11.4 Å². The molecule has 1 N–H and O–H groups in total. The first-order valence-corrected chi connectivity index (χ1v) is 8.75. The average molecular weight is 380 g/mol. The highest BCUT2D eigenvalue weighted by molar-refractivity contribution is 7.91. The van der Waals surface area contributed by atoms with Crippen LogP contribution in [0.3, 0.4) is 0 Å². The summed E-state index contributed by atoms with van der Waals surface area (Å²) in [5.74, 6) is -1.90. The number of nitrogens with zero attached hydrogens (tertiary/aromatic N) is 2. The molecule has 2 aromatic heterocycles. The standard InChI is InChI=1S/C15H10ClN3O5S/c16-10-1-3-11(4-2-10)25(22,23)13-6-9(7-24-13)5-12(20)14(21)15-17-8-18-19-15/h1-4,6-8H,5H2,(H,17,18,19). The minimum Gasteiger partial charge on any atom is -0.452 e. The van der Waals surface area contributed by atoms with Crippen molar-refractivity contribution in [3.05, 3.63) is 59.3 Å². The van der Waals surface area contributed by atoms with Gasteiger partial charge >= 0.3 is 0 Å². The second kappa shape index (κ2) is 6.61. The van der Waals surface area contributed by atoms with E-state index in [1.54, 1.807) is 0 Å². The molecule has 0 spiro atoms. The fourth-order valence-electron chi connectivity index (χ4n) is 2.03. The first kappa shape index (κ1) is 17.1. The number of aromatic amines is 1. The van der Waals surface area contributed by atoms with Crippen LogP contribution in [0.5, 0.6) is 0 Å². The zero-order valence-corrected chi connectivity index (χ0v) is 14.0. The number of rotatable bonds is 6. The number of halogens is 1. The van der Waals surface area contributed by atoms with E-state index in [-0.39, 0.29) is 27.8 Å². The normalized spacial score (nSPS) is 11.4. The van der Waals surface area contributed by atoms with E-state index in [0.29, 0.717) is 5.02 Å². The van der Waals surface area contributed by atoms with E-state index >= 15 is 0 Å². The molecule has 0 bridgehead atoms. The number of benzene rings is 1. The van der Waals surface area contributed by atoms with Gasteiger partial charge < -0.3 is 4.42 Å². The van der Waals surface area contributed by atoms with Crippen LogP contribution in [0.4, 0.5) is 0 Å². The van der Waals surface area contributed by atoms with Gasteiger partial charge in [-0.25, -0.2) is 13.4 Å². The lowest BCUT2D eigenvalue weighted by Gasteiger charge is -2.00. The van der Waals surface area contributed by atoms with Crippen molar-refractivity contribution in [1.82, 2.24) is 15.2 Å². The van der Waals surface area contributed by atoms with Crippen LogP contribution in [0.15, 0.2) is 57.3 Å². The number of H-pyrrole nitrogens is 1. The molecule has 0 aliphatic rings. The molecule has 10 heteroatoms. The number of carbonyl (C=O) groups excluding carboxylic acids is 2. The fraction of sp³-hybridized carbons (Fsp3) is 0.0667. The maximum Gasteiger partial charge on any atom is 0.267 e. The number of Topliss-reactive ketones (excluding diaryl/α,β-unsaturated/α-hetero) is 2. The van der Waals surface area contributed by atoms with E-state index in [0.717, 1.165) is 6.26 Å². The van der Waals surface area contributed by atoms with E-state index in [1.165, 1.54) is 36.7 Å². The molecule has 0 atom stereocenters. The summed E-state index contributed by atoms with van der Waals surface area (Å²) in [7, 11) is -3.89. The molecule has 0 aliphatic heterocycles. The minimum absolute atomic E-state index is 0.000857. The number of furan rings is 1. The lowest BCUT2D eigenvalue weighted by atomic mass is 10.1. The van der Waals surface area contributed by atoms with Crippen molar-refractivity contribution >= 4 is 33.0 Å². The van der Waals surface area contributed by atoms with E-state index in [4.69, 9.17) is 16.0 Å². The molecule has 25 heavy (non-hydrogen) atoms. The summed E-state index contributed by atoms with van der Waals surface area (Å²) in [6, 6.07) is 6.78. The Morgan fingerprint density at radius 2 is 1.92 bits per heavy atom. The maximum absolute atomic E-state index is 12.5. The first-order chi connectivity index (χ1) is 11.9. The summed E-state index contributed by atoms with van der Waals surface area (Å²) in [6.07, 6.45) is 1.97. The Bertz CT molecular complexity index is 1020. The Morgan fingerprint density at radius 3 is 2.56 bits per heavy atom. The van der Waals surface area contributed by atoms with Crippen LogP contribution in [0, 0.1) is 0 Å². The summed E-state index contributed by atoms with van der Waals surface area (Å²) in [5, 5.41) is 5.94. The molecule has 0 radical (unpaired) electrons. The highest BCUT2D eigenvalue weighted by atomic mass is 35.5. The van der Waals surface area contributed by atoms with Gasteiger partial charge in [-0.1, -0.05) is 11.6 Å². The number of ketones is 2. The van der Waals surface area contributed by atoms with Crippen molar-refractivity contribution < 1.29 is 22.4 Å². The molecule has 0 aliphatic carbocycles. The molecule has 128 valence electrons. The predicted octanol–water partition coefficient (Wildman–Crippen LogP) is 1.88. The summed E-state index contributed by atoms with van der Waals surface area (Å²) >= 11 is 5.74. The van der Waals surface area contributed by atoms with Gasteiger partial charge in [0.25, 0.3) is 5.78 Å². The highest BCUT2D eigenvalue weighted by Gasteiger charge is 2.24. The molecule has 0 fully saturated rings. The van der Waals surface area contributed by atoms with Crippen molar-refractivity contribution in [1.29, 1.82) is 0 Å². The number of hydrogen-bond acceptors (Lipinski definition) is 7. The van der Waals surface area contributed by atoms with Gasteiger partial charge in [0.05, 0.1) is 11.2 Å². The van der Waals surface area contributed by atoms with Crippen molar-refractivity contribution in [3.63, 3.8) is 0 Å². The SMILES string of the molecule is O=C(Cc1coc(S(=O)(=O)c2ccc(Cl)cc2)c1)C(=O)c1nc[nH]n1. The van der Waals surface area contributed by atoms with Crippen LogP contribution in [-0.2, 0) is 21.1 Å². The van der Waals surface area contributed by atoms with Crippen LogP contribution in [0.1, 0.15) is 16.2 Å². The van der Waals surface area contributed by atoms with Crippen molar-refractivity contribution in [2.45, 2.75) is 16.4 Å². The second-order valence-electron chi connectivity index (χ2n) is 4.98. The lowest BCUT2D eigenvalue weighted by molar-refractivity contribution is -0.114. The van der Waals surface area contributed by atoms with E-state index in [9.17, 15) is 18.0 Å². The molecule has 3 rings (SSSR count). The van der Waals surface area contributed by atoms with Gasteiger partial charge in [-0.05, 0) is 35.9 Å². The maximum atomic E-state index is 12.5. The van der Waals surface area contributed by atoms with Crippen LogP contribution in [-0.4, -0.2) is 35.2 Å². The van der Waals surface area contributed by atoms with Crippen LogP contribution >= 0.6 is 11.6 Å². The molecule has 0 amide bonds. The number of aromatic nitrogens is 3. The third-order valence-corrected chi connectivity index (χ3v) is 5.14. The number of hydrogen-bond donors (Lipinski definition) is 1. The summed E-state index contributed by atoms with van der Waals surface area (Å²) < 4.78 is 30.0. The van der Waals surface area contributed by atoms with Crippen LogP contribution in [0.25, 0.3) is 0 Å². The van der Waals surface area contributed by atoms with Gasteiger partial charge in [0.1, 0.15) is 6.33 Å². The summed E-state index contributed by atoms with van der Waals surface area (Å²) in [5.41, 5.74) is 0.251. The molecule has 0 unspecified atom stereocenters. The molecular formula is C15H10ClN3O5S. The summed E-state index contributed by atoms with van der Waals surface area (Å²) in [4.78, 5) is 27.3. The fourth-order valence-corrected chi connectivity index (χ4v) is 3.36. The monoisotopic (exact) mass is 379 g/mol. The Labute approximate surface area is 146 Å². The average Bonchev–Trinajstić information content (AvgIpc) is 3.26. The summed E-state index contributed by atoms with van der Waals surface area (Å²) in [6.45, 7) is 0. The number of nitrogens with one attached hydrogen (secondary N) is 1. The third-order valence-electron chi connectivity index (χ3n) is 3.25. The first-order valence-electron chi connectivity index (χ1n) is 6.89. The second-order valence-corrected chi connectivity index (χ2v) is 7.30. The molecule has 2 heterocycles. The Morgan fingerprint density at radius 1 is 1.20 bits per heavy atom. The Balaban J connectivity index is 1.79. The van der Waals surface area contributed by atoms with Crippen molar-refractivity contribution in [2.24, 2.45) is 0 Å². The molecule has 8 nitrogen and oxygen atoms in total. The van der Waals surface area contributed by atoms with E-state index in [2.05, 4.69) is 15.2 Å². The van der Waals surface area contributed by atoms with Gasteiger partial charge in [-0.15, -0.1) is 5.10 Å². The third kappa shape index (κ3) is 3.52. The Kier molecular flexibility index (Phi) is 4.51. The molecule has 1 aromatic carbocycles.